The van der Waals surface area contributed by atoms with Crippen LogP contribution in [0.15, 0.2) is 110 Å². The SMILES string of the molecule is Cc1ccc2cccc(OCc3c(Cl)ccc(-n4cccc4C(N)C(=O)/C=C/c4ccc(/C=C/c5ccncc5)nc4)c3Cl)c2n1. The molecule has 0 fully saturated rings. The quantitative estimate of drug-likeness (QED) is 0.150. The second kappa shape index (κ2) is 13.9. The molecular weight excluding hydrogens is 617 g/mol. The van der Waals surface area contributed by atoms with Crippen LogP contribution in [0.5, 0.6) is 5.75 Å². The number of pyridine rings is 3. The van der Waals surface area contributed by atoms with Crippen LogP contribution in [0.4, 0.5) is 0 Å². The van der Waals surface area contributed by atoms with Gasteiger partial charge in [0.1, 0.15) is 23.9 Å². The van der Waals surface area contributed by atoms with Gasteiger partial charge >= 0.3 is 0 Å². The molecule has 9 heteroatoms. The molecule has 6 rings (SSSR count). The average molecular weight is 647 g/mol. The number of nitrogens with zero attached hydrogens (tertiary/aromatic N) is 4. The molecule has 46 heavy (non-hydrogen) atoms. The number of para-hydroxylation sites is 1. The van der Waals surface area contributed by atoms with Crippen molar-refractivity contribution in [2.24, 2.45) is 5.73 Å². The van der Waals surface area contributed by atoms with E-state index in [1.807, 2.05) is 85.9 Å². The number of rotatable bonds is 10. The van der Waals surface area contributed by atoms with E-state index in [4.69, 9.17) is 33.7 Å². The summed E-state index contributed by atoms with van der Waals surface area (Å²) in [5, 5.41) is 1.83. The van der Waals surface area contributed by atoms with E-state index in [1.54, 1.807) is 47.4 Å². The fourth-order valence-corrected chi connectivity index (χ4v) is 5.52. The molecular formula is C37H29Cl2N5O2. The molecule has 0 bridgehead atoms. The van der Waals surface area contributed by atoms with Crippen molar-refractivity contribution in [1.82, 2.24) is 19.5 Å². The molecule has 1 unspecified atom stereocenters. The molecule has 7 nitrogen and oxygen atoms in total. The third kappa shape index (κ3) is 6.92. The van der Waals surface area contributed by atoms with E-state index in [-0.39, 0.29) is 12.4 Å². The Labute approximate surface area is 276 Å². The molecule has 0 aliphatic carbocycles. The molecule has 0 saturated carbocycles. The van der Waals surface area contributed by atoms with Gasteiger partial charge in [-0.25, -0.2) is 4.98 Å². The first kappa shape index (κ1) is 30.9. The third-order valence-electron chi connectivity index (χ3n) is 7.43. The Morgan fingerprint density at radius 3 is 2.59 bits per heavy atom. The van der Waals surface area contributed by atoms with Crippen LogP contribution in [-0.4, -0.2) is 25.3 Å². The van der Waals surface area contributed by atoms with Gasteiger partial charge in [0.2, 0.25) is 0 Å². The van der Waals surface area contributed by atoms with Crippen molar-refractivity contribution >= 4 is 58.1 Å². The molecule has 6 aromatic rings. The van der Waals surface area contributed by atoms with Crippen molar-refractivity contribution in [3.8, 4) is 11.4 Å². The zero-order valence-corrected chi connectivity index (χ0v) is 26.4. The first-order chi connectivity index (χ1) is 22.4. The van der Waals surface area contributed by atoms with Gasteiger partial charge in [0.05, 0.1) is 16.4 Å². The van der Waals surface area contributed by atoms with E-state index >= 15 is 0 Å². The molecule has 0 spiro atoms. The van der Waals surface area contributed by atoms with Gasteiger partial charge in [0.25, 0.3) is 0 Å². The highest BCUT2D eigenvalue weighted by atomic mass is 35.5. The summed E-state index contributed by atoms with van der Waals surface area (Å²) in [5.74, 6) is 0.361. The minimum absolute atomic E-state index is 0.122. The van der Waals surface area contributed by atoms with Gasteiger partial charge in [-0.2, -0.15) is 0 Å². The first-order valence-corrected chi connectivity index (χ1v) is 15.3. The van der Waals surface area contributed by atoms with Gasteiger partial charge in [-0.1, -0.05) is 53.5 Å². The van der Waals surface area contributed by atoms with E-state index in [1.165, 1.54) is 6.08 Å². The van der Waals surface area contributed by atoms with Crippen molar-refractivity contribution in [2.45, 2.75) is 19.6 Å². The summed E-state index contributed by atoms with van der Waals surface area (Å²) in [6.45, 7) is 2.06. The summed E-state index contributed by atoms with van der Waals surface area (Å²) in [5.41, 5.74) is 12.5. The largest absolute Gasteiger partial charge is 0.487 e. The van der Waals surface area contributed by atoms with Gasteiger partial charge in [-0.3, -0.25) is 14.8 Å². The number of carbonyl (C=O) groups excluding carboxylic acids is 1. The van der Waals surface area contributed by atoms with Gasteiger partial charge in [-0.15, -0.1) is 0 Å². The van der Waals surface area contributed by atoms with Gasteiger partial charge in [-0.05, 0) is 90.9 Å². The number of ether oxygens (including phenoxy) is 1. The summed E-state index contributed by atoms with van der Waals surface area (Å²) in [4.78, 5) is 26.3. The van der Waals surface area contributed by atoms with Crippen LogP contribution in [0.25, 0.3) is 34.8 Å². The molecule has 2 aromatic carbocycles. The van der Waals surface area contributed by atoms with Gasteiger partial charge < -0.3 is 15.0 Å². The van der Waals surface area contributed by atoms with Crippen LogP contribution in [0.2, 0.25) is 10.0 Å². The van der Waals surface area contributed by atoms with Crippen molar-refractivity contribution in [1.29, 1.82) is 0 Å². The molecule has 2 N–H and O–H groups in total. The molecule has 0 aliphatic heterocycles. The minimum Gasteiger partial charge on any atom is -0.487 e. The normalized spacial score (nSPS) is 12.3. The maximum atomic E-state index is 13.2. The Hall–Kier alpha value is -5.08. The highest BCUT2D eigenvalue weighted by Crippen LogP contribution is 2.34. The van der Waals surface area contributed by atoms with Gasteiger partial charge in [0.15, 0.2) is 5.78 Å². The fourth-order valence-electron chi connectivity index (χ4n) is 4.95. The lowest BCUT2D eigenvalue weighted by atomic mass is 10.1. The number of hydrogen-bond acceptors (Lipinski definition) is 6. The maximum Gasteiger partial charge on any atom is 0.178 e. The smallest absolute Gasteiger partial charge is 0.178 e. The molecule has 228 valence electrons. The number of carbonyl (C=O) groups is 1. The molecule has 0 aliphatic rings. The van der Waals surface area contributed by atoms with E-state index in [9.17, 15) is 4.79 Å². The molecule has 4 aromatic heterocycles. The lowest BCUT2D eigenvalue weighted by molar-refractivity contribution is -0.115. The van der Waals surface area contributed by atoms with E-state index in [0.717, 1.165) is 33.4 Å². The Morgan fingerprint density at radius 2 is 1.78 bits per heavy atom. The zero-order chi connectivity index (χ0) is 32.0. The summed E-state index contributed by atoms with van der Waals surface area (Å²) in [7, 11) is 0. The molecule has 1 atom stereocenters. The monoisotopic (exact) mass is 645 g/mol. The number of nitrogens with two attached hydrogens (primary N) is 1. The predicted molar refractivity (Wildman–Crippen MR) is 185 cm³/mol. The first-order valence-electron chi connectivity index (χ1n) is 14.5. The standard InChI is InChI=1S/C37H29Cl2N5O2/c1-24-7-11-27-4-2-6-34(37(27)43-24)46-23-29-30(38)14-15-31(35(29)39)44-21-3-5-32(44)36(40)33(45)16-10-26-9-13-28(42-22-26)12-8-25-17-19-41-20-18-25/h2-22,36H,23,40H2,1H3/b12-8+,16-10+. The molecule has 0 radical (unpaired) electrons. The predicted octanol–water partition coefficient (Wildman–Crippen LogP) is 8.46. The van der Waals surface area contributed by atoms with Crippen LogP contribution in [0.3, 0.4) is 0 Å². The second-order valence-corrected chi connectivity index (χ2v) is 11.4. The number of aromatic nitrogens is 4. The van der Waals surface area contributed by atoms with Crippen molar-refractivity contribution in [3.63, 3.8) is 0 Å². The van der Waals surface area contributed by atoms with Gasteiger partial charge in [0, 0.05) is 52.1 Å². The molecule has 0 amide bonds. The Balaban J connectivity index is 1.17. The van der Waals surface area contributed by atoms with Crippen LogP contribution < -0.4 is 10.5 Å². The van der Waals surface area contributed by atoms with Crippen molar-refractivity contribution < 1.29 is 9.53 Å². The number of ketones is 1. The Morgan fingerprint density at radius 1 is 0.935 bits per heavy atom. The Kier molecular flexibility index (Phi) is 9.36. The lowest BCUT2D eigenvalue weighted by Gasteiger charge is -2.18. The maximum absolute atomic E-state index is 13.2. The lowest BCUT2D eigenvalue weighted by Crippen LogP contribution is -2.22. The van der Waals surface area contributed by atoms with Crippen LogP contribution in [-0.2, 0) is 11.4 Å². The van der Waals surface area contributed by atoms with E-state index in [2.05, 4.69) is 15.0 Å². The zero-order valence-electron chi connectivity index (χ0n) is 24.8. The second-order valence-electron chi connectivity index (χ2n) is 10.6. The Bertz CT molecular complexity index is 2070. The van der Waals surface area contributed by atoms with Crippen molar-refractivity contribution in [2.75, 3.05) is 0 Å². The van der Waals surface area contributed by atoms with Crippen LogP contribution in [0, 0.1) is 6.92 Å². The molecule has 4 heterocycles. The summed E-state index contributed by atoms with van der Waals surface area (Å²) in [6.07, 6.45) is 14.0. The summed E-state index contributed by atoms with van der Waals surface area (Å²) < 4.78 is 7.98. The summed E-state index contributed by atoms with van der Waals surface area (Å²) in [6, 6.07) is 23.6. The average Bonchev–Trinajstić information content (AvgIpc) is 3.56. The van der Waals surface area contributed by atoms with Crippen molar-refractivity contribution in [3.05, 3.63) is 154 Å². The third-order valence-corrected chi connectivity index (χ3v) is 8.20. The van der Waals surface area contributed by atoms with E-state index in [0.29, 0.717) is 32.7 Å². The highest BCUT2D eigenvalue weighted by molar-refractivity contribution is 6.37. The topological polar surface area (TPSA) is 95.9 Å². The highest BCUT2D eigenvalue weighted by Gasteiger charge is 2.21. The molecule has 0 saturated heterocycles. The van der Waals surface area contributed by atoms with E-state index < -0.39 is 6.04 Å². The number of hydrogen-bond donors (Lipinski definition) is 1. The number of aryl methyl sites for hydroxylation is 1. The number of halogens is 2. The number of benzene rings is 2. The summed E-state index contributed by atoms with van der Waals surface area (Å²) >= 11 is 13.5. The van der Waals surface area contributed by atoms with Crippen LogP contribution in [0.1, 0.15) is 39.8 Å². The van der Waals surface area contributed by atoms with Crippen LogP contribution >= 0.6 is 23.2 Å². The minimum atomic E-state index is -0.932. The fraction of sp³-hybridized carbons (Fsp3) is 0.0811. The number of fused-ring (bicyclic) bond motifs is 1.